The summed E-state index contributed by atoms with van der Waals surface area (Å²) in [5, 5.41) is 0.897. The molecule has 0 bridgehead atoms. The van der Waals surface area contributed by atoms with Crippen molar-refractivity contribution < 1.29 is 9.53 Å². The zero-order chi connectivity index (χ0) is 21.1. The lowest BCUT2D eigenvalue weighted by Gasteiger charge is -2.35. The number of aromatic nitrogens is 3. The first-order valence-corrected chi connectivity index (χ1v) is 11.1. The van der Waals surface area contributed by atoms with Crippen LogP contribution in [-0.4, -0.2) is 58.5 Å². The van der Waals surface area contributed by atoms with Gasteiger partial charge < -0.3 is 14.5 Å². The summed E-state index contributed by atoms with van der Waals surface area (Å²) in [5.41, 5.74) is 1.95. The van der Waals surface area contributed by atoms with Gasteiger partial charge in [0.15, 0.2) is 0 Å². The molecule has 7 nitrogen and oxygen atoms in total. The summed E-state index contributed by atoms with van der Waals surface area (Å²) in [4.78, 5) is 30.4. The number of fused-ring (bicyclic) bond motifs is 1. The highest BCUT2D eigenvalue weighted by molar-refractivity contribution is 7.18. The van der Waals surface area contributed by atoms with E-state index < -0.39 is 0 Å². The van der Waals surface area contributed by atoms with E-state index in [2.05, 4.69) is 28.7 Å². The second-order valence-electron chi connectivity index (χ2n) is 7.82. The summed E-state index contributed by atoms with van der Waals surface area (Å²) in [6, 6.07) is 10.0. The number of ether oxygens (including phenoxy) is 1. The Morgan fingerprint density at radius 3 is 2.63 bits per heavy atom. The van der Waals surface area contributed by atoms with Crippen LogP contribution >= 0.6 is 11.3 Å². The SMILES string of the molecule is Cc1cc(N2CCN(C(=O)COCc3nc4ccccc4s3)CC2)nc(C(C)C)n1. The lowest BCUT2D eigenvalue weighted by molar-refractivity contribution is -0.136. The lowest BCUT2D eigenvalue weighted by atomic mass is 10.2. The van der Waals surface area contributed by atoms with Crippen LogP contribution in [0.15, 0.2) is 30.3 Å². The Balaban J connectivity index is 1.27. The second-order valence-corrected chi connectivity index (χ2v) is 8.93. The van der Waals surface area contributed by atoms with Crippen LogP contribution in [-0.2, 0) is 16.1 Å². The molecule has 1 amide bonds. The molecule has 3 heterocycles. The number of thiazole rings is 1. The largest absolute Gasteiger partial charge is 0.364 e. The van der Waals surface area contributed by atoms with Crippen LogP contribution in [0.4, 0.5) is 5.82 Å². The molecule has 1 fully saturated rings. The van der Waals surface area contributed by atoms with Crippen LogP contribution in [0, 0.1) is 6.92 Å². The molecule has 3 aromatic rings. The number of hydrogen-bond acceptors (Lipinski definition) is 7. The van der Waals surface area contributed by atoms with Gasteiger partial charge in [-0.25, -0.2) is 15.0 Å². The fourth-order valence-corrected chi connectivity index (χ4v) is 4.38. The number of anilines is 1. The van der Waals surface area contributed by atoms with Gasteiger partial charge in [0.25, 0.3) is 0 Å². The van der Waals surface area contributed by atoms with E-state index in [4.69, 9.17) is 9.72 Å². The molecule has 0 unspecified atom stereocenters. The van der Waals surface area contributed by atoms with Crippen LogP contribution in [0.25, 0.3) is 10.2 Å². The third-order valence-electron chi connectivity index (χ3n) is 5.12. The summed E-state index contributed by atoms with van der Waals surface area (Å²) in [6.45, 7) is 9.51. The summed E-state index contributed by atoms with van der Waals surface area (Å²) in [6.07, 6.45) is 0. The summed E-state index contributed by atoms with van der Waals surface area (Å²) >= 11 is 1.61. The van der Waals surface area contributed by atoms with Gasteiger partial charge in [-0.15, -0.1) is 11.3 Å². The molecule has 30 heavy (non-hydrogen) atoms. The minimum absolute atomic E-state index is 0.0255. The topological polar surface area (TPSA) is 71.5 Å². The van der Waals surface area contributed by atoms with Gasteiger partial charge in [0.1, 0.15) is 23.3 Å². The maximum atomic E-state index is 12.5. The Hall–Kier alpha value is -2.58. The number of nitrogens with zero attached hydrogens (tertiary/aromatic N) is 5. The molecule has 0 radical (unpaired) electrons. The zero-order valence-electron chi connectivity index (χ0n) is 17.7. The first-order valence-electron chi connectivity index (χ1n) is 10.3. The predicted octanol–water partition coefficient (Wildman–Crippen LogP) is 3.38. The maximum absolute atomic E-state index is 12.5. The second kappa shape index (κ2) is 9.06. The van der Waals surface area contributed by atoms with Gasteiger partial charge in [-0.1, -0.05) is 26.0 Å². The molecule has 1 aliphatic rings. The fourth-order valence-electron chi connectivity index (χ4n) is 3.48. The molecule has 2 aromatic heterocycles. The van der Waals surface area contributed by atoms with E-state index in [9.17, 15) is 4.79 Å². The number of amides is 1. The fraction of sp³-hybridized carbons (Fsp3) is 0.455. The molecule has 0 aliphatic carbocycles. The van der Waals surface area contributed by atoms with E-state index in [0.29, 0.717) is 25.6 Å². The van der Waals surface area contributed by atoms with Crippen LogP contribution in [0.1, 0.15) is 36.3 Å². The standard InChI is InChI=1S/C22H27N5O2S/c1-15(2)22-23-16(3)12-19(25-22)26-8-10-27(11-9-26)21(28)14-29-13-20-24-17-6-4-5-7-18(17)30-20/h4-7,12,15H,8-11,13-14H2,1-3H3. The van der Waals surface area contributed by atoms with Gasteiger partial charge >= 0.3 is 0 Å². The molecular formula is C22H27N5O2S. The first kappa shape index (κ1) is 20.7. The third kappa shape index (κ3) is 4.76. The normalized spacial score (nSPS) is 14.7. The van der Waals surface area contributed by atoms with E-state index in [-0.39, 0.29) is 12.5 Å². The van der Waals surface area contributed by atoms with Crippen LogP contribution in [0.5, 0.6) is 0 Å². The number of para-hydroxylation sites is 1. The zero-order valence-corrected chi connectivity index (χ0v) is 18.5. The number of carbonyl (C=O) groups excluding carboxylic acids is 1. The average Bonchev–Trinajstić information content (AvgIpc) is 3.16. The van der Waals surface area contributed by atoms with Gasteiger partial charge in [0.05, 0.1) is 16.8 Å². The predicted molar refractivity (Wildman–Crippen MR) is 119 cm³/mol. The van der Waals surface area contributed by atoms with E-state index in [1.54, 1.807) is 11.3 Å². The van der Waals surface area contributed by atoms with Gasteiger partial charge in [-0.2, -0.15) is 0 Å². The summed E-state index contributed by atoms with van der Waals surface area (Å²) < 4.78 is 6.79. The molecule has 0 saturated carbocycles. The Morgan fingerprint density at radius 2 is 1.90 bits per heavy atom. The number of rotatable bonds is 6. The molecule has 1 aliphatic heterocycles. The highest BCUT2D eigenvalue weighted by atomic mass is 32.1. The van der Waals surface area contributed by atoms with E-state index in [1.165, 1.54) is 0 Å². The van der Waals surface area contributed by atoms with Gasteiger partial charge in [0.2, 0.25) is 5.91 Å². The Labute approximate surface area is 180 Å². The van der Waals surface area contributed by atoms with Crippen molar-refractivity contribution in [3.8, 4) is 0 Å². The first-order chi connectivity index (χ1) is 14.5. The molecule has 0 N–H and O–H groups in total. The number of hydrogen-bond donors (Lipinski definition) is 0. The van der Waals surface area contributed by atoms with Crippen molar-refractivity contribution in [3.05, 3.63) is 46.9 Å². The number of benzene rings is 1. The van der Waals surface area contributed by atoms with Crippen LogP contribution < -0.4 is 4.90 Å². The molecular weight excluding hydrogens is 398 g/mol. The highest BCUT2D eigenvalue weighted by Gasteiger charge is 2.23. The number of piperazine rings is 1. The molecule has 0 spiro atoms. The number of aryl methyl sites for hydroxylation is 1. The van der Waals surface area contributed by atoms with E-state index in [0.717, 1.165) is 45.6 Å². The minimum atomic E-state index is 0.0255. The monoisotopic (exact) mass is 425 g/mol. The van der Waals surface area contributed by atoms with E-state index >= 15 is 0 Å². The smallest absolute Gasteiger partial charge is 0.248 e. The molecule has 4 rings (SSSR count). The Morgan fingerprint density at radius 1 is 1.13 bits per heavy atom. The van der Waals surface area contributed by atoms with Crippen LogP contribution in [0.3, 0.4) is 0 Å². The summed E-state index contributed by atoms with van der Waals surface area (Å²) in [7, 11) is 0. The van der Waals surface area contributed by atoms with Crippen molar-refractivity contribution in [2.24, 2.45) is 0 Å². The van der Waals surface area contributed by atoms with Crippen molar-refractivity contribution in [1.29, 1.82) is 0 Å². The summed E-state index contributed by atoms with van der Waals surface area (Å²) in [5.74, 6) is 2.13. The van der Waals surface area contributed by atoms with Crippen LogP contribution in [0.2, 0.25) is 0 Å². The molecule has 1 saturated heterocycles. The Bertz CT molecular complexity index is 994. The maximum Gasteiger partial charge on any atom is 0.248 e. The van der Waals surface area contributed by atoms with Gasteiger partial charge in [-0.3, -0.25) is 4.79 Å². The molecule has 158 valence electrons. The van der Waals surface area contributed by atoms with Gasteiger partial charge in [-0.05, 0) is 19.1 Å². The third-order valence-corrected chi connectivity index (χ3v) is 6.13. The molecule has 0 atom stereocenters. The lowest BCUT2D eigenvalue weighted by Crippen LogP contribution is -2.50. The molecule has 1 aromatic carbocycles. The Kier molecular flexibility index (Phi) is 6.24. The van der Waals surface area contributed by atoms with Crippen molar-refractivity contribution in [1.82, 2.24) is 19.9 Å². The van der Waals surface area contributed by atoms with E-state index in [1.807, 2.05) is 42.2 Å². The molecule has 8 heteroatoms. The van der Waals surface area contributed by atoms with Crippen molar-refractivity contribution in [2.45, 2.75) is 33.3 Å². The van der Waals surface area contributed by atoms with Crippen molar-refractivity contribution >= 4 is 33.3 Å². The van der Waals surface area contributed by atoms with Crippen molar-refractivity contribution in [3.63, 3.8) is 0 Å². The van der Waals surface area contributed by atoms with Gasteiger partial charge in [0, 0.05) is 43.9 Å². The van der Waals surface area contributed by atoms with Crippen molar-refractivity contribution in [2.75, 3.05) is 37.7 Å². The minimum Gasteiger partial charge on any atom is -0.364 e. The number of carbonyl (C=O) groups is 1. The highest BCUT2D eigenvalue weighted by Crippen LogP contribution is 2.22. The average molecular weight is 426 g/mol. The quantitative estimate of drug-likeness (QED) is 0.603.